The van der Waals surface area contributed by atoms with Crippen molar-refractivity contribution in [2.45, 2.75) is 31.7 Å². The maximum atomic E-state index is 9.07. The molecular formula is C9H15N5. The van der Waals surface area contributed by atoms with E-state index in [-0.39, 0.29) is 5.54 Å². The first-order chi connectivity index (χ1) is 6.72. The number of hydrogen-bond acceptors (Lipinski definition) is 3. The summed E-state index contributed by atoms with van der Waals surface area (Å²) in [6.45, 7) is 3.16. The highest BCUT2D eigenvalue weighted by Gasteiger charge is 2.36. The molecule has 1 fully saturated rings. The van der Waals surface area contributed by atoms with E-state index >= 15 is 0 Å². The average Bonchev–Trinajstić information content (AvgIpc) is 2.56. The van der Waals surface area contributed by atoms with Crippen LogP contribution in [0.1, 0.15) is 26.2 Å². The molecule has 0 spiro atoms. The van der Waals surface area contributed by atoms with Gasteiger partial charge in [-0.15, -0.1) is 0 Å². The predicted octanol–water partition coefficient (Wildman–Crippen LogP) is 1.97. The predicted molar refractivity (Wildman–Crippen MR) is 53.4 cm³/mol. The van der Waals surface area contributed by atoms with Gasteiger partial charge in [0.15, 0.2) is 0 Å². The van der Waals surface area contributed by atoms with E-state index in [0.29, 0.717) is 19.0 Å². The molecule has 76 valence electrons. The van der Waals surface area contributed by atoms with Crippen molar-refractivity contribution < 1.29 is 0 Å². The third-order valence-electron chi connectivity index (χ3n) is 2.71. The molecule has 0 heterocycles. The lowest BCUT2D eigenvalue weighted by Gasteiger charge is -2.21. The van der Waals surface area contributed by atoms with E-state index in [1.165, 1.54) is 0 Å². The molecule has 5 heteroatoms. The van der Waals surface area contributed by atoms with Crippen LogP contribution >= 0.6 is 0 Å². The van der Waals surface area contributed by atoms with Crippen molar-refractivity contribution in [2.24, 2.45) is 11.0 Å². The second-order valence-electron chi connectivity index (χ2n) is 3.92. The van der Waals surface area contributed by atoms with Crippen LogP contribution in [0, 0.1) is 17.2 Å². The van der Waals surface area contributed by atoms with E-state index in [1.807, 2.05) is 0 Å². The molecule has 0 aliphatic heterocycles. The molecule has 1 saturated carbocycles. The average molecular weight is 193 g/mol. The molecule has 0 bridgehead atoms. The largest absolute Gasteiger partial charge is 0.299 e. The zero-order valence-electron chi connectivity index (χ0n) is 8.40. The first-order valence-corrected chi connectivity index (χ1v) is 4.89. The van der Waals surface area contributed by atoms with E-state index in [4.69, 9.17) is 10.8 Å². The van der Waals surface area contributed by atoms with Gasteiger partial charge in [0.25, 0.3) is 0 Å². The highest BCUT2D eigenvalue weighted by molar-refractivity contribution is 5.11. The number of nitriles is 1. The Morgan fingerprint density at radius 1 is 1.79 bits per heavy atom. The Morgan fingerprint density at radius 2 is 2.57 bits per heavy atom. The van der Waals surface area contributed by atoms with Gasteiger partial charge in [0.05, 0.1) is 6.07 Å². The topological polar surface area (TPSA) is 84.6 Å². The van der Waals surface area contributed by atoms with Gasteiger partial charge in [-0.05, 0) is 30.7 Å². The smallest absolute Gasteiger partial charge is 0.107 e. The summed E-state index contributed by atoms with van der Waals surface area (Å²) in [4.78, 5) is 2.67. The van der Waals surface area contributed by atoms with Crippen LogP contribution in [-0.4, -0.2) is 18.6 Å². The van der Waals surface area contributed by atoms with Crippen LogP contribution in [0.3, 0.4) is 0 Å². The number of nitrogens with zero attached hydrogens (tertiary/aromatic N) is 4. The van der Waals surface area contributed by atoms with Crippen LogP contribution in [-0.2, 0) is 0 Å². The third kappa shape index (κ3) is 2.63. The molecule has 2 unspecified atom stereocenters. The van der Waals surface area contributed by atoms with Gasteiger partial charge in [-0.3, -0.25) is 5.32 Å². The second-order valence-corrected chi connectivity index (χ2v) is 3.92. The first kappa shape index (κ1) is 10.8. The first-order valence-electron chi connectivity index (χ1n) is 4.89. The molecule has 0 radical (unpaired) electrons. The number of azide groups is 1. The van der Waals surface area contributed by atoms with Crippen molar-refractivity contribution in [2.75, 3.05) is 13.1 Å². The summed E-state index contributed by atoms with van der Waals surface area (Å²) >= 11 is 0. The summed E-state index contributed by atoms with van der Waals surface area (Å²) in [6.07, 6.45) is 2.91. The Kier molecular flexibility index (Phi) is 3.75. The fourth-order valence-electron chi connectivity index (χ4n) is 1.98. The lowest BCUT2D eigenvalue weighted by Crippen LogP contribution is -2.42. The highest BCUT2D eigenvalue weighted by atomic mass is 15.1. The second kappa shape index (κ2) is 4.85. The van der Waals surface area contributed by atoms with Crippen LogP contribution < -0.4 is 5.32 Å². The van der Waals surface area contributed by atoms with Crippen molar-refractivity contribution in [3.8, 4) is 6.07 Å². The zero-order chi connectivity index (χ0) is 10.4. The SMILES string of the molecule is CC1CCC(C#N)(NCCN=[N+]=[N-])C1. The van der Waals surface area contributed by atoms with Crippen LogP contribution in [0.15, 0.2) is 5.11 Å². The van der Waals surface area contributed by atoms with Gasteiger partial charge in [-0.2, -0.15) is 5.26 Å². The standard InChI is InChI=1S/C9H15N5/c1-8-2-3-9(6-8,7-10)12-4-5-13-14-11/h8,12H,2-6H2,1H3. The van der Waals surface area contributed by atoms with Crippen LogP contribution in [0.25, 0.3) is 10.4 Å². The molecule has 1 N–H and O–H groups in total. The lowest BCUT2D eigenvalue weighted by molar-refractivity contribution is 0.414. The van der Waals surface area contributed by atoms with Gasteiger partial charge in [-0.25, -0.2) is 0 Å². The van der Waals surface area contributed by atoms with Gasteiger partial charge in [0, 0.05) is 18.0 Å². The maximum absolute atomic E-state index is 9.07. The Morgan fingerprint density at radius 3 is 3.07 bits per heavy atom. The normalized spacial score (nSPS) is 30.7. The van der Waals surface area contributed by atoms with Crippen molar-refractivity contribution >= 4 is 0 Å². The molecule has 1 aliphatic carbocycles. The molecule has 2 atom stereocenters. The molecule has 0 aromatic rings. The minimum atomic E-state index is -0.371. The van der Waals surface area contributed by atoms with Gasteiger partial charge in [0.1, 0.15) is 5.54 Å². The molecule has 1 rings (SSSR count). The van der Waals surface area contributed by atoms with Crippen molar-refractivity contribution in [1.29, 1.82) is 5.26 Å². The Bertz CT molecular complexity index is 275. The quantitative estimate of drug-likeness (QED) is 0.320. The van der Waals surface area contributed by atoms with Crippen molar-refractivity contribution in [3.63, 3.8) is 0 Å². The van der Waals surface area contributed by atoms with Crippen LogP contribution in [0.5, 0.6) is 0 Å². The molecule has 1 aliphatic rings. The van der Waals surface area contributed by atoms with Gasteiger partial charge in [0.2, 0.25) is 0 Å². The Balaban J connectivity index is 2.40. The summed E-state index contributed by atoms with van der Waals surface area (Å²) in [5.74, 6) is 0.613. The molecule has 0 amide bonds. The minimum absolute atomic E-state index is 0.371. The summed E-state index contributed by atoms with van der Waals surface area (Å²) in [5.41, 5.74) is 7.72. The summed E-state index contributed by atoms with van der Waals surface area (Å²) in [7, 11) is 0. The van der Waals surface area contributed by atoms with Crippen LogP contribution in [0.4, 0.5) is 0 Å². The monoisotopic (exact) mass is 193 g/mol. The summed E-state index contributed by atoms with van der Waals surface area (Å²) in [5, 5.41) is 15.7. The Labute approximate surface area is 83.7 Å². The lowest BCUT2D eigenvalue weighted by atomic mass is 9.98. The summed E-state index contributed by atoms with van der Waals surface area (Å²) in [6, 6.07) is 2.34. The fraction of sp³-hybridized carbons (Fsp3) is 0.889. The van der Waals surface area contributed by atoms with Gasteiger partial charge >= 0.3 is 0 Å². The van der Waals surface area contributed by atoms with E-state index in [9.17, 15) is 0 Å². The third-order valence-corrected chi connectivity index (χ3v) is 2.71. The van der Waals surface area contributed by atoms with Crippen molar-refractivity contribution in [1.82, 2.24) is 5.32 Å². The van der Waals surface area contributed by atoms with E-state index < -0.39 is 0 Å². The van der Waals surface area contributed by atoms with E-state index in [2.05, 4.69) is 28.3 Å². The number of hydrogen-bond donors (Lipinski definition) is 1. The molecule has 5 nitrogen and oxygen atoms in total. The molecule has 14 heavy (non-hydrogen) atoms. The molecule has 0 aromatic carbocycles. The van der Waals surface area contributed by atoms with Crippen LogP contribution in [0.2, 0.25) is 0 Å². The summed E-state index contributed by atoms with van der Waals surface area (Å²) < 4.78 is 0. The fourth-order valence-corrected chi connectivity index (χ4v) is 1.98. The number of rotatable bonds is 4. The highest BCUT2D eigenvalue weighted by Crippen LogP contribution is 2.33. The molecule has 0 aromatic heterocycles. The van der Waals surface area contributed by atoms with E-state index in [0.717, 1.165) is 19.3 Å². The zero-order valence-corrected chi connectivity index (χ0v) is 8.40. The van der Waals surface area contributed by atoms with Gasteiger partial charge < -0.3 is 0 Å². The van der Waals surface area contributed by atoms with Crippen molar-refractivity contribution in [3.05, 3.63) is 10.4 Å². The molecular weight excluding hydrogens is 178 g/mol. The number of nitrogens with one attached hydrogen (secondary N) is 1. The van der Waals surface area contributed by atoms with E-state index in [1.54, 1.807) is 0 Å². The Hall–Kier alpha value is -1.24. The molecule has 0 saturated heterocycles. The van der Waals surface area contributed by atoms with Gasteiger partial charge in [-0.1, -0.05) is 12.0 Å². The minimum Gasteiger partial charge on any atom is -0.299 e. The maximum Gasteiger partial charge on any atom is 0.107 e.